The summed E-state index contributed by atoms with van der Waals surface area (Å²) in [5.74, 6) is 1.99. The van der Waals surface area contributed by atoms with Gasteiger partial charge in [-0.2, -0.15) is 0 Å². The van der Waals surface area contributed by atoms with Gasteiger partial charge in [-0.15, -0.1) is 10.2 Å². The van der Waals surface area contributed by atoms with Crippen LogP contribution in [0.2, 0.25) is 0 Å². The molecule has 1 aliphatic carbocycles. The summed E-state index contributed by atoms with van der Waals surface area (Å²) in [5.41, 5.74) is 0.101. The second kappa shape index (κ2) is 5.19. The molecule has 1 aliphatic rings. The summed E-state index contributed by atoms with van der Waals surface area (Å²) < 4.78 is 2.23. The van der Waals surface area contributed by atoms with Crippen LogP contribution in [0, 0.1) is 5.92 Å². The first-order chi connectivity index (χ1) is 8.07. The normalized spacial score (nSPS) is 19.2. The Kier molecular flexibility index (Phi) is 3.85. The molecule has 2 rings (SSSR count). The Morgan fingerprint density at radius 2 is 1.82 bits per heavy atom. The van der Waals surface area contributed by atoms with Gasteiger partial charge in [0.15, 0.2) is 0 Å². The fourth-order valence-electron chi connectivity index (χ4n) is 2.78. The first-order valence-corrected chi connectivity index (χ1v) is 6.97. The van der Waals surface area contributed by atoms with Crippen LogP contribution in [0.25, 0.3) is 0 Å². The molecule has 0 radical (unpaired) electrons. The molecular weight excluding hydrogens is 210 g/mol. The van der Waals surface area contributed by atoms with E-state index in [1.54, 1.807) is 0 Å². The van der Waals surface area contributed by atoms with Crippen molar-refractivity contribution in [2.24, 2.45) is 5.92 Å². The molecule has 3 nitrogen and oxygen atoms in total. The van der Waals surface area contributed by atoms with E-state index < -0.39 is 0 Å². The summed E-state index contributed by atoms with van der Waals surface area (Å²) in [6.07, 6.45) is 11.4. The summed E-state index contributed by atoms with van der Waals surface area (Å²) in [5, 5.41) is 8.41. The van der Waals surface area contributed by atoms with Gasteiger partial charge in [-0.3, -0.25) is 0 Å². The van der Waals surface area contributed by atoms with E-state index in [1.165, 1.54) is 44.3 Å². The van der Waals surface area contributed by atoms with Crippen molar-refractivity contribution in [2.45, 2.75) is 71.3 Å². The average molecular weight is 235 g/mol. The Labute approximate surface area is 105 Å². The van der Waals surface area contributed by atoms with Crippen molar-refractivity contribution in [3.8, 4) is 0 Å². The highest BCUT2D eigenvalue weighted by atomic mass is 15.3. The highest BCUT2D eigenvalue weighted by Gasteiger charge is 2.21. The highest BCUT2D eigenvalue weighted by molar-refractivity contribution is 4.94. The molecule has 0 atom stereocenters. The highest BCUT2D eigenvalue weighted by Crippen LogP contribution is 2.26. The van der Waals surface area contributed by atoms with Gasteiger partial charge < -0.3 is 4.57 Å². The number of nitrogens with zero attached hydrogens (tertiary/aromatic N) is 3. The van der Waals surface area contributed by atoms with Crippen molar-refractivity contribution < 1.29 is 0 Å². The summed E-state index contributed by atoms with van der Waals surface area (Å²) in [6.45, 7) is 6.65. The van der Waals surface area contributed by atoms with Crippen LogP contribution in [-0.2, 0) is 12.0 Å². The number of hydrogen-bond donors (Lipinski definition) is 0. The van der Waals surface area contributed by atoms with Crippen LogP contribution in [0.15, 0.2) is 6.33 Å². The zero-order valence-corrected chi connectivity index (χ0v) is 11.4. The third kappa shape index (κ3) is 3.30. The molecule has 0 amide bonds. The zero-order valence-electron chi connectivity index (χ0n) is 11.4. The van der Waals surface area contributed by atoms with Crippen molar-refractivity contribution in [1.29, 1.82) is 0 Å². The van der Waals surface area contributed by atoms with Gasteiger partial charge in [0.1, 0.15) is 12.2 Å². The van der Waals surface area contributed by atoms with E-state index >= 15 is 0 Å². The van der Waals surface area contributed by atoms with Crippen molar-refractivity contribution >= 4 is 0 Å². The van der Waals surface area contributed by atoms with Crippen LogP contribution >= 0.6 is 0 Å². The largest absolute Gasteiger partial charge is 0.312 e. The number of rotatable bonds is 2. The SMILES string of the molecule is CC(C)(C)n1cnnc1CC1CCCCCC1. The first kappa shape index (κ1) is 12.6. The lowest BCUT2D eigenvalue weighted by molar-refractivity contribution is 0.361. The molecule has 17 heavy (non-hydrogen) atoms. The van der Waals surface area contributed by atoms with Crippen LogP contribution in [0.4, 0.5) is 0 Å². The minimum atomic E-state index is 0.101. The molecule has 3 heteroatoms. The van der Waals surface area contributed by atoms with Gasteiger partial charge in [0.25, 0.3) is 0 Å². The van der Waals surface area contributed by atoms with Gasteiger partial charge in [0.05, 0.1) is 0 Å². The number of aromatic nitrogens is 3. The molecule has 0 unspecified atom stereocenters. The average Bonchev–Trinajstić information content (AvgIpc) is 2.55. The Bertz CT molecular complexity index is 341. The minimum absolute atomic E-state index is 0.101. The Morgan fingerprint density at radius 1 is 1.18 bits per heavy atom. The monoisotopic (exact) mass is 235 g/mol. The number of hydrogen-bond acceptors (Lipinski definition) is 2. The maximum absolute atomic E-state index is 4.32. The van der Waals surface area contributed by atoms with Crippen LogP contribution in [0.3, 0.4) is 0 Å². The molecule has 0 spiro atoms. The standard InChI is InChI=1S/C14H25N3/c1-14(2,3)17-11-15-16-13(17)10-12-8-6-4-5-7-9-12/h11-12H,4-10H2,1-3H3. The van der Waals surface area contributed by atoms with E-state index in [0.717, 1.165) is 12.3 Å². The quantitative estimate of drug-likeness (QED) is 0.734. The fourth-order valence-corrected chi connectivity index (χ4v) is 2.78. The van der Waals surface area contributed by atoms with Crippen molar-refractivity contribution in [3.05, 3.63) is 12.2 Å². The molecule has 0 aliphatic heterocycles. The predicted molar refractivity (Wildman–Crippen MR) is 69.9 cm³/mol. The lowest BCUT2D eigenvalue weighted by atomic mass is 9.96. The van der Waals surface area contributed by atoms with E-state index in [-0.39, 0.29) is 5.54 Å². The van der Waals surface area contributed by atoms with E-state index in [0.29, 0.717) is 0 Å². The third-order valence-electron chi connectivity index (χ3n) is 3.79. The summed E-state index contributed by atoms with van der Waals surface area (Å²) in [6, 6.07) is 0. The molecule has 0 saturated heterocycles. The summed E-state index contributed by atoms with van der Waals surface area (Å²) in [7, 11) is 0. The van der Waals surface area contributed by atoms with Crippen molar-refractivity contribution in [2.75, 3.05) is 0 Å². The van der Waals surface area contributed by atoms with Gasteiger partial charge in [-0.1, -0.05) is 38.5 Å². The maximum Gasteiger partial charge on any atom is 0.133 e. The maximum atomic E-state index is 4.32. The first-order valence-electron chi connectivity index (χ1n) is 6.97. The topological polar surface area (TPSA) is 30.7 Å². The van der Waals surface area contributed by atoms with Crippen LogP contribution in [0.1, 0.15) is 65.1 Å². The third-order valence-corrected chi connectivity index (χ3v) is 3.79. The molecule has 0 N–H and O–H groups in total. The molecule has 1 heterocycles. The molecule has 1 aromatic rings. The molecule has 1 aromatic heterocycles. The molecule has 1 fully saturated rings. The van der Waals surface area contributed by atoms with E-state index in [9.17, 15) is 0 Å². The Balaban J connectivity index is 2.05. The Hall–Kier alpha value is -0.860. The second-order valence-corrected chi connectivity index (χ2v) is 6.35. The van der Waals surface area contributed by atoms with Gasteiger partial charge in [0.2, 0.25) is 0 Å². The van der Waals surface area contributed by atoms with Crippen molar-refractivity contribution in [3.63, 3.8) is 0 Å². The minimum Gasteiger partial charge on any atom is -0.312 e. The van der Waals surface area contributed by atoms with Crippen LogP contribution in [0.5, 0.6) is 0 Å². The van der Waals surface area contributed by atoms with Crippen LogP contribution < -0.4 is 0 Å². The van der Waals surface area contributed by atoms with Gasteiger partial charge in [-0.05, 0) is 26.7 Å². The summed E-state index contributed by atoms with van der Waals surface area (Å²) in [4.78, 5) is 0. The fraction of sp³-hybridized carbons (Fsp3) is 0.857. The predicted octanol–water partition coefficient (Wildman–Crippen LogP) is 3.55. The van der Waals surface area contributed by atoms with Crippen LogP contribution in [-0.4, -0.2) is 14.8 Å². The van der Waals surface area contributed by atoms with E-state index in [2.05, 4.69) is 35.5 Å². The van der Waals surface area contributed by atoms with Gasteiger partial charge in [0, 0.05) is 12.0 Å². The molecule has 0 bridgehead atoms. The van der Waals surface area contributed by atoms with E-state index in [1.807, 2.05) is 6.33 Å². The molecular formula is C14H25N3. The van der Waals surface area contributed by atoms with Gasteiger partial charge in [-0.25, -0.2) is 0 Å². The zero-order chi connectivity index (χ0) is 12.3. The summed E-state index contributed by atoms with van der Waals surface area (Å²) >= 11 is 0. The smallest absolute Gasteiger partial charge is 0.133 e. The molecule has 96 valence electrons. The second-order valence-electron chi connectivity index (χ2n) is 6.35. The van der Waals surface area contributed by atoms with Gasteiger partial charge >= 0.3 is 0 Å². The molecule has 1 saturated carbocycles. The molecule has 0 aromatic carbocycles. The lowest BCUT2D eigenvalue weighted by Gasteiger charge is -2.23. The lowest BCUT2D eigenvalue weighted by Crippen LogP contribution is -2.24. The Morgan fingerprint density at radius 3 is 2.41 bits per heavy atom. The van der Waals surface area contributed by atoms with E-state index in [4.69, 9.17) is 0 Å². The van der Waals surface area contributed by atoms with Crippen molar-refractivity contribution in [1.82, 2.24) is 14.8 Å².